The van der Waals surface area contributed by atoms with Gasteiger partial charge in [-0.25, -0.2) is 4.98 Å². The number of hydrogen-bond acceptors (Lipinski definition) is 9. The summed E-state index contributed by atoms with van der Waals surface area (Å²) in [5.41, 5.74) is 0.484. The Labute approximate surface area is 225 Å². The second-order valence-corrected chi connectivity index (χ2v) is 9.91. The molecule has 11 heteroatoms. The van der Waals surface area contributed by atoms with Crippen LogP contribution in [0.4, 0.5) is 5.69 Å². The zero-order valence-corrected chi connectivity index (χ0v) is 22.5. The fourth-order valence-corrected chi connectivity index (χ4v) is 4.08. The Balaban J connectivity index is 1.57. The average molecular weight is 530 g/mol. The van der Waals surface area contributed by atoms with Gasteiger partial charge in [0.1, 0.15) is 18.1 Å². The van der Waals surface area contributed by atoms with Crippen LogP contribution in [0.25, 0.3) is 11.4 Å². The van der Waals surface area contributed by atoms with Crippen molar-refractivity contribution < 1.29 is 14.0 Å². The van der Waals surface area contributed by atoms with Gasteiger partial charge in [0.15, 0.2) is 0 Å². The molecule has 0 saturated heterocycles. The third kappa shape index (κ3) is 5.77. The van der Waals surface area contributed by atoms with Crippen LogP contribution in [0, 0.1) is 5.92 Å². The van der Waals surface area contributed by atoms with E-state index in [0.29, 0.717) is 17.1 Å². The molecule has 1 aromatic carbocycles. The number of pyridine rings is 1. The number of carbonyl (C=O) groups is 2. The molecular weight excluding hydrogens is 498 g/mol. The first kappa shape index (κ1) is 27.4. The number of ketones is 1. The first-order chi connectivity index (χ1) is 18.6. The number of aromatic nitrogens is 5. The largest absolute Gasteiger partial charge is 0.417 e. The fourth-order valence-electron chi connectivity index (χ4n) is 4.08. The standard InChI is InChI=1S/C28H31N7O4/c1-17(2)22(23(37)25-33-34-27(39-25)28(3,4)20-13-9-10-14-30-20)32-21(36)16-35-24(18-11-7-6-8-12-18)31-15-19(29-5)26(35)38/h6-15,17,22,29H,16H2,1-5H3,(H,32,36)/t22-/m0/s1. The van der Waals surface area contributed by atoms with Gasteiger partial charge in [0.2, 0.25) is 17.6 Å². The minimum absolute atomic E-state index is 0.214. The molecule has 0 aliphatic heterocycles. The van der Waals surface area contributed by atoms with Crippen molar-refractivity contribution in [3.63, 3.8) is 0 Å². The van der Waals surface area contributed by atoms with Gasteiger partial charge in [-0.3, -0.25) is 23.9 Å². The van der Waals surface area contributed by atoms with Crippen LogP contribution in [0.3, 0.4) is 0 Å². The Kier molecular flexibility index (Phi) is 7.99. The van der Waals surface area contributed by atoms with Crippen LogP contribution in [0.1, 0.15) is 50.0 Å². The van der Waals surface area contributed by atoms with Crippen LogP contribution in [-0.2, 0) is 16.8 Å². The Bertz CT molecular complexity index is 1510. The first-order valence-corrected chi connectivity index (χ1v) is 12.6. The van der Waals surface area contributed by atoms with Gasteiger partial charge in [-0.1, -0.05) is 50.2 Å². The highest BCUT2D eigenvalue weighted by atomic mass is 16.4. The zero-order chi connectivity index (χ0) is 28.2. The van der Waals surface area contributed by atoms with Gasteiger partial charge in [-0.15, -0.1) is 10.2 Å². The molecule has 0 radical (unpaired) electrons. The SMILES string of the molecule is CNc1cnc(-c2ccccc2)n(CC(=O)N[C@H](C(=O)c2nnc(C(C)(C)c3ccccn3)o2)C(C)C)c1=O. The van der Waals surface area contributed by atoms with E-state index in [4.69, 9.17) is 4.42 Å². The molecule has 0 fully saturated rings. The van der Waals surface area contributed by atoms with Crippen LogP contribution >= 0.6 is 0 Å². The zero-order valence-electron chi connectivity index (χ0n) is 22.5. The van der Waals surface area contributed by atoms with Crippen LogP contribution in [-0.4, -0.2) is 49.5 Å². The average Bonchev–Trinajstić information content (AvgIpc) is 3.45. The lowest BCUT2D eigenvalue weighted by atomic mass is 9.89. The van der Waals surface area contributed by atoms with E-state index >= 15 is 0 Å². The second kappa shape index (κ2) is 11.4. The molecule has 202 valence electrons. The Hall–Kier alpha value is -4.67. The number of Topliss-reactive ketones (excluding diaryl/α,β-unsaturated/α-hetero) is 1. The Morgan fingerprint density at radius 2 is 1.74 bits per heavy atom. The summed E-state index contributed by atoms with van der Waals surface area (Å²) in [7, 11) is 1.60. The van der Waals surface area contributed by atoms with Crippen molar-refractivity contribution in [2.75, 3.05) is 12.4 Å². The molecule has 2 N–H and O–H groups in total. The van der Waals surface area contributed by atoms with Gasteiger partial charge in [-0.05, 0) is 31.9 Å². The maximum Gasteiger partial charge on any atom is 0.286 e. The quantitative estimate of drug-likeness (QED) is 0.296. The lowest BCUT2D eigenvalue weighted by Crippen LogP contribution is -2.46. The molecule has 3 heterocycles. The Morgan fingerprint density at radius 3 is 2.38 bits per heavy atom. The van der Waals surface area contributed by atoms with E-state index in [2.05, 4.69) is 30.8 Å². The van der Waals surface area contributed by atoms with E-state index < -0.39 is 28.7 Å². The van der Waals surface area contributed by atoms with E-state index in [1.54, 1.807) is 45.3 Å². The van der Waals surface area contributed by atoms with E-state index in [-0.39, 0.29) is 29.9 Å². The van der Waals surface area contributed by atoms with Gasteiger partial charge >= 0.3 is 0 Å². The van der Waals surface area contributed by atoms with Crippen molar-refractivity contribution in [2.45, 2.75) is 45.7 Å². The summed E-state index contributed by atoms with van der Waals surface area (Å²) in [6, 6.07) is 13.6. The number of carbonyl (C=O) groups excluding carboxylic acids is 2. The van der Waals surface area contributed by atoms with Gasteiger partial charge in [0.25, 0.3) is 11.4 Å². The molecule has 1 amide bonds. The predicted molar refractivity (Wildman–Crippen MR) is 145 cm³/mol. The van der Waals surface area contributed by atoms with E-state index in [1.807, 2.05) is 44.2 Å². The third-order valence-corrected chi connectivity index (χ3v) is 6.39. The summed E-state index contributed by atoms with van der Waals surface area (Å²) in [6.45, 7) is 6.98. The van der Waals surface area contributed by atoms with Crippen molar-refractivity contribution in [3.05, 3.63) is 88.8 Å². The van der Waals surface area contributed by atoms with Gasteiger partial charge < -0.3 is 15.1 Å². The summed E-state index contributed by atoms with van der Waals surface area (Å²) in [4.78, 5) is 48.4. The van der Waals surface area contributed by atoms with Crippen molar-refractivity contribution in [1.29, 1.82) is 0 Å². The number of rotatable bonds is 10. The number of amides is 1. The molecular formula is C28H31N7O4. The molecule has 1 atom stereocenters. The molecule has 0 unspecified atom stereocenters. The van der Waals surface area contributed by atoms with E-state index in [1.165, 1.54) is 10.8 Å². The second-order valence-electron chi connectivity index (χ2n) is 9.91. The van der Waals surface area contributed by atoms with Crippen molar-refractivity contribution >= 4 is 17.4 Å². The Morgan fingerprint density at radius 1 is 1.03 bits per heavy atom. The summed E-state index contributed by atoms with van der Waals surface area (Å²) in [5, 5.41) is 13.6. The number of hydrogen-bond donors (Lipinski definition) is 2. The van der Waals surface area contributed by atoms with Crippen LogP contribution < -0.4 is 16.2 Å². The van der Waals surface area contributed by atoms with Crippen LogP contribution in [0.15, 0.2) is 70.1 Å². The molecule has 0 bridgehead atoms. The molecule has 0 aliphatic rings. The van der Waals surface area contributed by atoms with Crippen LogP contribution in [0.2, 0.25) is 0 Å². The molecule has 4 aromatic rings. The van der Waals surface area contributed by atoms with Crippen molar-refractivity contribution in [3.8, 4) is 11.4 Å². The molecule has 11 nitrogen and oxygen atoms in total. The molecule has 3 aromatic heterocycles. The molecule has 39 heavy (non-hydrogen) atoms. The maximum absolute atomic E-state index is 13.4. The monoisotopic (exact) mass is 529 g/mol. The molecule has 0 spiro atoms. The third-order valence-electron chi connectivity index (χ3n) is 6.39. The number of anilines is 1. The number of benzene rings is 1. The summed E-state index contributed by atoms with van der Waals surface area (Å²) >= 11 is 0. The van der Waals surface area contributed by atoms with Crippen molar-refractivity contribution in [1.82, 2.24) is 30.0 Å². The summed E-state index contributed by atoms with van der Waals surface area (Å²) in [6.07, 6.45) is 3.10. The van der Waals surface area contributed by atoms with E-state index in [9.17, 15) is 14.4 Å². The molecule has 0 saturated carbocycles. The summed E-state index contributed by atoms with van der Waals surface area (Å²) in [5.74, 6) is -1.01. The van der Waals surface area contributed by atoms with E-state index in [0.717, 1.165) is 0 Å². The molecule has 0 aliphatic carbocycles. The first-order valence-electron chi connectivity index (χ1n) is 12.6. The highest BCUT2D eigenvalue weighted by Crippen LogP contribution is 2.29. The maximum atomic E-state index is 13.4. The fraction of sp³-hybridized carbons (Fsp3) is 0.321. The summed E-state index contributed by atoms with van der Waals surface area (Å²) < 4.78 is 7.06. The van der Waals surface area contributed by atoms with Crippen LogP contribution in [0.5, 0.6) is 0 Å². The normalized spacial score (nSPS) is 12.3. The predicted octanol–water partition coefficient (Wildman–Crippen LogP) is 3.08. The number of nitrogens with zero attached hydrogens (tertiary/aromatic N) is 5. The van der Waals surface area contributed by atoms with Gasteiger partial charge in [-0.2, -0.15) is 0 Å². The number of nitrogens with one attached hydrogen (secondary N) is 2. The van der Waals surface area contributed by atoms with Gasteiger partial charge in [0.05, 0.1) is 23.3 Å². The molecule has 4 rings (SSSR count). The van der Waals surface area contributed by atoms with Crippen molar-refractivity contribution in [2.24, 2.45) is 5.92 Å². The lowest BCUT2D eigenvalue weighted by molar-refractivity contribution is -0.122. The topological polar surface area (TPSA) is 145 Å². The minimum Gasteiger partial charge on any atom is -0.417 e. The van der Waals surface area contributed by atoms with Gasteiger partial charge in [0, 0.05) is 18.8 Å². The lowest BCUT2D eigenvalue weighted by Gasteiger charge is -2.21. The smallest absolute Gasteiger partial charge is 0.286 e. The minimum atomic E-state index is -0.958. The highest BCUT2D eigenvalue weighted by molar-refractivity contribution is 5.98. The highest BCUT2D eigenvalue weighted by Gasteiger charge is 2.35.